The molecule has 0 radical (unpaired) electrons. The van der Waals surface area contributed by atoms with Crippen molar-refractivity contribution in [3.8, 4) is 0 Å². The third-order valence-corrected chi connectivity index (χ3v) is 5.40. The summed E-state index contributed by atoms with van der Waals surface area (Å²) in [5.74, 6) is 0.150. The number of hydrogen-bond donors (Lipinski definition) is 1. The molecular weight excluding hydrogens is 298 g/mol. The summed E-state index contributed by atoms with van der Waals surface area (Å²) in [4.78, 5) is 17.2. The summed E-state index contributed by atoms with van der Waals surface area (Å²) < 4.78 is 0. The maximum Gasteiger partial charge on any atom is 0.245 e. The van der Waals surface area contributed by atoms with Gasteiger partial charge in [0, 0.05) is 45.0 Å². The maximum absolute atomic E-state index is 12.7. The molecule has 1 atom stereocenters. The molecule has 2 aromatic carbocycles. The van der Waals surface area contributed by atoms with E-state index in [4.69, 9.17) is 0 Å². The second-order valence-electron chi connectivity index (χ2n) is 7.05. The van der Waals surface area contributed by atoms with E-state index in [1.165, 1.54) is 16.8 Å². The molecule has 1 amide bonds. The molecule has 2 aliphatic rings. The lowest BCUT2D eigenvalue weighted by Crippen LogP contribution is -2.68. The summed E-state index contributed by atoms with van der Waals surface area (Å²) in [6.07, 6.45) is 1.74. The summed E-state index contributed by atoms with van der Waals surface area (Å²) in [5.41, 5.74) is 4.29. The Morgan fingerprint density at radius 3 is 2.54 bits per heavy atom. The van der Waals surface area contributed by atoms with Crippen LogP contribution in [-0.2, 0) is 17.8 Å². The van der Waals surface area contributed by atoms with Crippen LogP contribution in [0.5, 0.6) is 0 Å². The van der Waals surface area contributed by atoms with Gasteiger partial charge in [0.1, 0.15) is 5.54 Å². The second kappa shape index (κ2) is 5.64. The van der Waals surface area contributed by atoms with Crippen molar-refractivity contribution < 1.29 is 4.79 Å². The van der Waals surface area contributed by atoms with Gasteiger partial charge in [-0.15, -0.1) is 0 Å². The van der Waals surface area contributed by atoms with Crippen molar-refractivity contribution in [1.29, 1.82) is 0 Å². The average molecular weight is 321 g/mol. The number of rotatable bonds is 3. The fraction of sp³-hybridized carbons (Fsp3) is 0.350. The van der Waals surface area contributed by atoms with E-state index in [1.54, 1.807) is 0 Å². The molecule has 1 unspecified atom stereocenters. The van der Waals surface area contributed by atoms with E-state index in [0.29, 0.717) is 0 Å². The number of nitrogens with one attached hydrogen (secondary N) is 1. The Balaban J connectivity index is 1.54. The minimum Gasteiger partial charge on any atom is -0.378 e. The highest BCUT2D eigenvalue weighted by molar-refractivity contribution is 6.01. The van der Waals surface area contributed by atoms with Gasteiger partial charge in [0.2, 0.25) is 5.91 Å². The SMILES string of the molecule is CN(C)c1ccc(CN2CCC23Cc2ccccc2NC3=O)cc1. The van der Waals surface area contributed by atoms with Gasteiger partial charge in [0.05, 0.1) is 0 Å². The molecule has 124 valence electrons. The van der Waals surface area contributed by atoms with E-state index >= 15 is 0 Å². The Morgan fingerprint density at radius 2 is 1.88 bits per heavy atom. The zero-order valence-electron chi connectivity index (χ0n) is 14.2. The van der Waals surface area contributed by atoms with Gasteiger partial charge in [-0.25, -0.2) is 0 Å². The van der Waals surface area contributed by atoms with Crippen LogP contribution in [0.25, 0.3) is 0 Å². The molecule has 2 aliphatic heterocycles. The van der Waals surface area contributed by atoms with E-state index in [-0.39, 0.29) is 11.4 Å². The molecule has 0 aliphatic carbocycles. The number of anilines is 2. The summed E-state index contributed by atoms with van der Waals surface area (Å²) in [7, 11) is 4.09. The average Bonchev–Trinajstić information content (AvgIpc) is 2.58. The summed E-state index contributed by atoms with van der Waals surface area (Å²) >= 11 is 0. The van der Waals surface area contributed by atoms with Crippen LogP contribution in [0.1, 0.15) is 17.5 Å². The highest BCUT2D eigenvalue weighted by Crippen LogP contribution is 2.41. The van der Waals surface area contributed by atoms with Gasteiger partial charge in [-0.1, -0.05) is 30.3 Å². The molecule has 2 heterocycles. The molecule has 2 aromatic rings. The van der Waals surface area contributed by atoms with Crippen molar-refractivity contribution >= 4 is 17.3 Å². The van der Waals surface area contributed by atoms with E-state index in [1.807, 2.05) is 32.3 Å². The Labute approximate surface area is 143 Å². The molecule has 0 aromatic heterocycles. The quantitative estimate of drug-likeness (QED) is 0.944. The molecule has 4 heteroatoms. The molecule has 1 fully saturated rings. The molecule has 1 spiro atoms. The van der Waals surface area contributed by atoms with Gasteiger partial charge in [-0.3, -0.25) is 9.69 Å². The normalized spacial score (nSPS) is 22.7. The van der Waals surface area contributed by atoms with Crippen molar-refractivity contribution in [3.05, 3.63) is 59.7 Å². The molecule has 0 bridgehead atoms. The summed E-state index contributed by atoms with van der Waals surface area (Å²) in [5, 5.41) is 3.11. The fourth-order valence-corrected chi connectivity index (χ4v) is 3.78. The van der Waals surface area contributed by atoms with Gasteiger partial charge in [0.25, 0.3) is 0 Å². The first-order valence-corrected chi connectivity index (χ1v) is 8.49. The zero-order valence-corrected chi connectivity index (χ0v) is 14.2. The van der Waals surface area contributed by atoms with Gasteiger partial charge in [-0.05, 0) is 35.7 Å². The number of para-hydroxylation sites is 1. The van der Waals surface area contributed by atoms with Crippen LogP contribution >= 0.6 is 0 Å². The number of amides is 1. The Bertz CT molecular complexity index is 769. The predicted molar refractivity (Wildman–Crippen MR) is 97.3 cm³/mol. The number of benzene rings is 2. The van der Waals surface area contributed by atoms with E-state index in [9.17, 15) is 4.79 Å². The Kier molecular flexibility index (Phi) is 3.57. The van der Waals surface area contributed by atoms with E-state index < -0.39 is 0 Å². The van der Waals surface area contributed by atoms with Crippen LogP contribution in [-0.4, -0.2) is 37.0 Å². The van der Waals surface area contributed by atoms with Crippen LogP contribution in [0.15, 0.2) is 48.5 Å². The number of nitrogens with zero attached hydrogens (tertiary/aromatic N) is 2. The number of carbonyl (C=O) groups is 1. The third kappa shape index (κ3) is 2.38. The van der Waals surface area contributed by atoms with E-state index in [2.05, 4.69) is 45.4 Å². The number of likely N-dealkylation sites (tertiary alicyclic amines) is 1. The topological polar surface area (TPSA) is 35.6 Å². The first kappa shape index (κ1) is 15.2. The molecule has 4 rings (SSSR count). The lowest BCUT2D eigenvalue weighted by Gasteiger charge is -2.53. The van der Waals surface area contributed by atoms with Gasteiger partial charge in [0.15, 0.2) is 0 Å². The Hall–Kier alpha value is -2.33. The molecule has 24 heavy (non-hydrogen) atoms. The zero-order chi connectivity index (χ0) is 16.7. The summed E-state index contributed by atoms with van der Waals surface area (Å²) in [6.45, 7) is 1.80. The highest BCUT2D eigenvalue weighted by atomic mass is 16.2. The standard InChI is InChI=1S/C20H23N3O/c1-22(2)17-9-7-15(8-10-17)14-23-12-11-20(23)13-16-5-3-4-6-18(16)21-19(20)24/h3-10H,11-14H2,1-2H3,(H,21,24). The van der Waals surface area contributed by atoms with Crippen molar-refractivity contribution in [3.63, 3.8) is 0 Å². The first-order chi connectivity index (χ1) is 11.6. The molecule has 4 nitrogen and oxygen atoms in total. The second-order valence-corrected chi connectivity index (χ2v) is 7.05. The molecule has 0 saturated carbocycles. The monoisotopic (exact) mass is 321 g/mol. The summed E-state index contributed by atoms with van der Waals surface area (Å²) in [6, 6.07) is 16.7. The van der Waals surface area contributed by atoms with Gasteiger partial charge >= 0.3 is 0 Å². The Morgan fingerprint density at radius 1 is 1.12 bits per heavy atom. The van der Waals surface area contributed by atoms with Gasteiger partial charge in [-0.2, -0.15) is 0 Å². The van der Waals surface area contributed by atoms with Crippen LogP contribution in [0, 0.1) is 0 Å². The number of fused-ring (bicyclic) bond motifs is 1. The van der Waals surface area contributed by atoms with Crippen LogP contribution in [0.4, 0.5) is 11.4 Å². The largest absolute Gasteiger partial charge is 0.378 e. The minimum absolute atomic E-state index is 0.150. The highest BCUT2D eigenvalue weighted by Gasteiger charge is 2.52. The molecular formula is C20H23N3O. The van der Waals surface area contributed by atoms with Crippen LogP contribution < -0.4 is 10.2 Å². The third-order valence-electron chi connectivity index (χ3n) is 5.40. The van der Waals surface area contributed by atoms with Crippen molar-refractivity contribution in [2.24, 2.45) is 0 Å². The molecule has 1 N–H and O–H groups in total. The van der Waals surface area contributed by atoms with Crippen molar-refractivity contribution in [2.75, 3.05) is 30.9 Å². The predicted octanol–water partition coefficient (Wildman–Crippen LogP) is 2.89. The van der Waals surface area contributed by atoms with Crippen molar-refractivity contribution in [1.82, 2.24) is 4.90 Å². The first-order valence-electron chi connectivity index (χ1n) is 8.49. The maximum atomic E-state index is 12.7. The van der Waals surface area contributed by atoms with Crippen LogP contribution in [0.3, 0.4) is 0 Å². The van der Waals surface area contributed by atoms with Crippen LogP contribution in [0.2, 0.25) is 0 Å². The smallest absolute Gasteiger partial charge is 0.245 e. The number of carbonyl (C=O) groups excluding carboxylic acids is 1. The molecule has 1 saturated heterocycles. The number of hydrogen-bond acceptors (Lipinski definition) is 3. The lowest BCUT2D eigenvalue weighted by atomic mass is 9.75. The van der Waals surface area contributed by atoms with E-state index in [0.717, 1.165) is 31.6 Å². The van der Waals surface area contributed by atoms with Crippen molar-refractivity contribution in [2.45, 2.75) is 24.9 Å². The lowest BCUT2D eigenvalue weighted by molar-refractivity contribution is -0.139. The fourth-order valence-electron chi connectivity index (χ4n) is 3.78. The minimum atomic E-state index is -0.366. The van der Waals surface area contributed by atoms with Gasteiger partial charge < -0.3 is 10.2 Å².